The molecule has 3 nitrogen and oxygen atoms in total. The van der Waals surface area contributed by atoms with Gasteiger partial charge >= 0.3 is 0 Å². The zero-order chi connectivity index (χ0) is 13.9. The maximum absolute atomic E-state index is 5.04. The van der Waals surface area contributed by atoms with Crippen molar-refractivity contribution in [2.24, 2.45) is 5.92 Å². The van der Waals surface area contributed by atoms with Crippen LogP contribution in [0.5, 0.6) is 0 Å². The quantitative estimate of drug-likeness (QED) is 0.820. The van der Waals surface area contributed by atoms with E-state index >= 15 is 0 Å². The Kier molecular flexibility index (Phi) is 3.99. The zero-order valence-corrected chi connectivity index (χ0v) is 12.2. The van der Waals surface area contributed by atoms with Crippen LogP contribution in [0.2, 0.25) is 0 Å². The van der Waals surface area contributed by atoms with Crippen molar-refractivity contribution < 1.29 is 4.74 Å². The van der Waals surface area contributed by atoms with Gasteiger partial charge in [-0.1, -0.05) is 12.1 Å². The van der Waals surface area contributed by atoms with Gasteiger partial charge in [0.15, 0.2) is 0 Å². The number of fused-ring (bicyclic) bond motifs is 1. The second-order valence-corrected chi connectivity index (χ2v) is 5.70. The summed E-state index contributed by atoms with van der Waals surface area (Å²) in [6.07, 6.45) is 1.30. The Hall–Kier alpha value is -1.45. The molecule has 2 unspecified atom stereocenters. The third-order valence-electron chi connectivity index (χ3n) is 4.09. The van der Waals surface area contributed by atoms with Gasteiger partial charge in [0.2, 0.25) is 0 Å². The summed E-state index contributed by atoms with van der Waals surface area (Å²) >= 11 is 0. The fraction of sp³-hybridized carbons (Fsp3) is 0.471. The van der Waals surface area contributed by atoms with Crippen molar-refractivity contribution in [2.75, 3.05) is 26.8 Å². The van der Waals surface area contributed by atoms with E-state index in [0.717, 1.165) is 42.7 Å². The average Bonchev–Trinajstić information content (AvgIpc) is 3.23. The van der Waals surface area contributed by atoms with Crippen LogP contribution in [0.3, 0.4) is 0 Å². The Morgan fingerprint density at radius 3 is 3.05 bits per heavy atom. The molecule has 106 valence electrons. The number of benzene rings is 1. The van der Waals surface area contributed by atoms with Crippen LogP contribution >= 0.6 is 0 Å². The third-order valence-corrected chi connectivity index (χ3v) is 4.09. The highest BCUT2D eigenvalue weighted by Gasteiger charge is 2.37. The van der Waals surface area contributed by atoms with E-state index < -0.39 is 0 Å². The maximum Gasteiger partial charge on any atom is 0.0705 e. The molecule has 0 amide bonds. The first-order chi connectivity index (χ1) is 9.78. The second-order valence-electron chi connectivity index (χ2n) is 5.70. The lowest BCUT2D eigenvalue weighted by atomic mass is 10.1. The fourth-order valence-electron chi connectivity index (χ4n) is 2.82. The van der Waals surface area contributed by atoms with E-state index in [1.807, 2.05) is 6.92 Å². The first kappa shape index (κ1) is 13.5. The van der Waals surface area contributed by atoms with Crippen molar-refractivity contribution in [1.82, 2.24) is 10.3 Å². The molecular weight excluding hydrogens is 248 g/mol. The minimum Gasteiger partial charge on any atom is -0.383 e. The lowest BCUT2D eigenvalue weighted by Gasteiger charge is -2.05. The van der Waals surface area contributed by atoms with Crippen LogP contribution in [-0.2, 0) is 4.74 Å². The van der Waals surface area contributed by atoms with E-state index in [4.69, 9.17) is 4.74 Å². The molecule has 0 bridgehead atoms. The summed E-state index contributed by atoms with van der Waals surface area (Å²) in [4.78, 5) is 4.56. The summed E-state index contributed by atoms with van der Waals surface area (Å²) in [6.45, 7) is 4.87. The zero-order valence-electron chi connectivity index (χ0n) is 12.2. The second kappa shape index (κ2) is 5.90. The number of nitrogens with zero attached hydrogens (tertiary/aromatic N) is 1. The standard InChI is InChI=1S/C17H22N2O/c1-12-3-4-14-9-13(5-6-17(14)19-12)16-10-15(16)11-18-7-8-20-2/h3-6,9,15-16,18H,7-8,10-11H2,1-2H3. The van der Waals surface area contributed by atoms with Crippen LogP contribution in [0.1, 0.15) is 23.6 Å². The molecule has 1 N–H and O–H groups in total. The average molecular weight is 270 g/mol. The number of aryl methyl sites for hydroxylation is 1. The van der Waals surface area contributed by atoms with Gasteiger partial charge in [-0.05, 0) is 55.5 Å². The highest BCUT2D eigenvalue weighted by atomic mass is 16.5. The number of rotatable bonds is 6. The monoisotopic (exact) mass is 270 g/mol. The predicted molar refractivity (Wildman–Crippen MR) is 82.1 cm³/mol. The molecule has 1 fully saturated rings. The van der Waals surface area contributed by atoms with Gasteiger partial charge in [0.1, 0.15) is 0 Å². The van der Waals surface area contributed by atoms with Gasteiger partial charge in [-0.2, -0.15) is 0 Å². The van der Waals surface area contributed by atoms with Crippen LogP contribution in [0.25, 0.3) is 10.9 Å². The van der Waals surface area contributed by atoms with Gasteiger partial charge in [0.25, 0.3) is 0 Å². The molecule has 0 spiro atoms. The highest BCUT2D eigenvalue weighted by molar-refractivity contribution is 5.79. The summed E-state index contributed by atoms with van der Waals surface area (Å²) in [5.74, 6) is 1.50. The summed E-state index contributed by atoms with van der Waals surface area (Å²) < 4.78 is 5.04. The molecule has 0 saturated heterocycles. The normalized spacial score (nSPS) is 21.3. The largest absolute Gasteiger partial charge is 0.383 e. The molecule has 1 saturated carbocycles. The van der Waals surface area contributed by atoms with Gasteiger partial charge in [-0.25, -0.2) is 0 Å². The number of pyridine rings is 1. The number of ether oxygens (including phenoxy) is 1. The molecule has 1 aromatic heterocycles. The molecule has 0 aliphatic heterocycles. The van der Waals surface area contributed by atoms with Crippen molar-refractivity contribution in [3.8, 4) is 0 Å². The molecule has 2 atom stereocenters. The van der Waals surface area contributed by atoms with Gasteiger partial charge in [-0.3, -0.25) is 4.98 Å². The predicted octanol–water partition coefficient (Wildman–Crippen LogP) is 2.88. The van der Waals surface area contributed by atoms with Crippen LogP contribution in [0.4, 0.5) is 0 Å². The molecule has 0 radical (unpaired) electrons. The number of aromatic nitrogens is 1. The summed E-state index contributed by atoms with van der Waals surface area (Å²) in [5.41, 5.74) is 3.64. The third kappa shape index (κ3) is 3.00. The Morgan fingerprint density at radius 2 is 2.20 bits per heavy atom. The number of nitrogens with one attached hydrogen (secondary N) is 1. The van der Waals surface area contributed by atoms with Crippen LogP contribution in [0, 0.1) is 12.8 Å². The number of hydrogen-bond acceptors (Lipinski definition) is 3. The lowest BCUT2D eigenvalue weighted by molar-refractivity contribution is 0.199. The molecule has 1 aromatic carbocycles. The fourth-order valence-corrected chi connectivity index (χ4v) is 2.82. The van der Waals surface area contributed by atoms with E-state index in [2.05, 4.69) is 40.6 Å². The van der Waals surface area contributed by atoms with Gasteiger partial charge in [0, 0.05) is 24.7 Å². The molecule has 3 heteroatoms. The maximum atomic E-state index is 5.04. The van der Waals surface area contributed by atoms with E-state index in [9.17, 15) is 0 Å². The van der Waals surface area contributed by atoms with Gasteiger partial charge < -0.3 is 10.1 Å². The van der Waals surface area contributed by atoms with E-state index in [1.54, 1.807) is 7.11 Å². The molecule has 2 aromatic rings. The van der Waals surface area contributed by atoms with E-state index in [-0.39, 0.29) is 0 Å². The first-order valence-corrected chi connectivity index (χ1v) is 7.35. The van der Waals surface area contributed by atoms with Crippen molar-refractivity contribution in [1.29, 1.82) is 0 Å². The SMILES string of the molecule is COCCNCC1CC1c1ccc2nc(C)ccc2c1. The van der Waals surface area contributed by atoms with Crippen molar-refractivity contribution in [3.63, 3.8) is 0 Å². The van der Waals surface area contributed by atoms with Gasteiger partial charge in [-0.15, -0.1) is 0 Å². The topological polar surface area (TPSA) is 34.1 Å². The Balaban J connectivity index is 1.63. The van der Waals surface area contributed by atoms with E-state index in [1.165, 1.54) is 17.4 Å². The smallest absolute Gasteiger partial charge is 0.0705 e. The van der Waals surface area contributed by atoms with Crippen LogP contribution in [0.15, 0.2) is 30.3 Å². The Labute approximate surface area is 120 Å². The van der Waals surface area contributed by atoms with Crippen molar-refractivity contribution in [2.45, 2.75) is 19.3 Å². The molecule has 1 heterocycles. The number of methoxy groups -OCH3 is 1. The van der Waals surface area contributed by atoms with Crippen LogP contribution < -0.4 is 5.32 Å². The summed E-state index contributed by atoms with van der Waals surface area (Å²) in [7, 11) is 1.74. The molecular formula is C17H22N2O. The van der Waals surface area contributed by atoms with Crippen LogP contribution in [-0.4, -0.2) is 31.8 Å². The first-order valence-electron chi connectivity index (χ1n) is 7.35. The molecule has 1 aliphatic carbocycles. The minimum absolute atomic E-state index is 0.718. The van der Waals surface area contributed by atoms with Crippen molar-refractivity contribution >= 4 is 10.9 Å². The molecule has 1 aliphatic rings. The molecule has 3 rings (SSSR count). The van der Waals surface area contributed by atoms with Gasteiger partial charge in [0.05, 0.1) is 12.1 Å². The lowest BCUT2D eigenvalue weighted by Crippen LogP contribution is -2.21. The molecule has 20 heavy (non-hydrogen) atoms. The Bertz CT molecular complexity index is 597. The minimum atomic E-state index is 0.718. The summed E-state index contributed by atoms with van der Waals surface area (Å²) in [5, 5.41) is 4.71. The summed E-state index contributed by atoms with van der Waals surface area (Å²) in [6, 6.07) is 11.0. The van der Waals surface area contributed by atoms with Crippen molar-refractivity contribution in [3.05, 3.63) is 41.6 Å². The highest BCUT2D eigenvalue weighted by Crippen LogP contribution is 2.47. The number of hydrogen-bond donors (Lipinski definition) is 1. The van der Waals surface area contributed by atoms with E-state index in [0.29, 0.717) is 0 Å². The Morgan fingerprint density at radius 1 is 1.30 bits per heavy atom.